The van der Waals surface area contributed by atoms with Gasteiger partial charge >= 0.3 is 0 Å². The molecule has 106 valence electrons. The van der Waals surface area contributed by atoms with Crippen LogP contribution in [0.2, 0.25) is 0 Å². The summed E-state index contributed by atoms with van der Waals surface area (Å²) in [6.07, 6.45) is 0. The maximum atomic E-state index is 13.5. The van der Waals surface area contributed by atoms with Crippen LogP contribution < -0.4 is 5.73 Å². The van der Waals surface area contributed by atoms with Crippen LogP contribution in [0.3, 0.4) is 0 Å². The van der Waals surface area contributed by atoms with Crippen LogP contribution in [-0.4, -0.2) is 0 Å². The quantitative estimate of drug-likeness (QED) is 0.833. The van der Waals surface area contributed by atoms with Gasteiger partial charge in [0.25, 0.3) is 0 Å². The molecule has 1 atom stereocenters. The maximum Gasteiger partial charge on any atom is 0.123 e. The Hall–Kier alpha value is -1.67. The Morgan fingerprint density at radius 3 is 2.10 bits per heavy atom. The Kier molecular flexibility index (Phi) is 3.96. The van der Waals surface area contributed by atoms with E-state index in [0.717, 1.165) is 16.7 Å². The Balaban J connectivity index is 2.49. The standard InChI is InChI=1S/C18H22FN/c1-12(20)16-10-9-15(19)11-17(16)13-5-7-14(8-6-13)18(2,3)4/h5-12H,20H2,1-4H3. The second-order valence-corrected chi connectivity index (χ2v) is 6.35. The summed E-state index contributed by atoms with van der Waals surface area (Å²) in [6.45, 7) is 8.45. The van der Waals surface area contributed by atoms with E-state index in [9.17, 15) is 4.39 Å². The minimum absolute atomic E-state index is 0.116. The van der Waals surface area contributed by atoms with E-state index < -0.39 is 0 Å². The zero-order valence-corrected chi connectivity index (χ0v) is 12.6. The van der Waals surface area contributed by atoms with E-state index >= 15 is 0 Å². The molecule has 0 bridgehead atoms. The van der Waals surface area contributed by atoms with Gasteiger partial charge in [-0.1, -0.05) is 51.1 Å². The van der Waals surface area contributed by atoms with Gasteiger partial charge in [0.2, 0.25) is 0 Å². The number of hydrogen-bond donors (Lipinski definition) is 1. The van der Waals surface area contributed by atoms with E-state index in [1.54, 1.807) is 12.1 Å². The van der Waals surface area contributed by atoms with Crippen LogP contribution >= 0.6 is 0 Å². The fraction of sp³-hybridized carbons (Fsp3) is 0.333. The number of halogens is 1. The zero-order valence-electron chi connectivity index (χ0n) is 12.6. The van der Waals surface area contributed by atoms with Crippen molar-refractivity contribution in [3.05, 3.63) is 59.4 Å². The Bertz CT molecular complexity index is 592. The summed E-state index contributed by atoms with van der Waals surface area (Å²) in [4.78, 5) is 0. The summed E-state index contributed by atoms with van der Waals surface area (Å²) in [7, 11) is 0. The van der Waals surface area contributed by atoms with Crippen molar-refractivity contribution < 1.29 is 4.39 Å². The summed E-state index contributed by atoms with van der Waals surface area (Å²) >= 11 is 0. The summed E-state index contributed by atoms with van der Waals surface area (Å²) in [6, 6.07) is 13.0. The predicted octanol–water partition coefficient (Wildman–Crippen LogP) is 4.81. The van der Waals surface area contributed by atoms with E-state index in [2.05, 4.69) is 32.9 Å². The highest BCUT2D eigenvalue weighted by atomic mass is 19.1. The second kappa shape index (κ2) is 5.37. The lowest BCUT2D eigenvalue weighted by atomic mass is 9.85. The fourth-order valence-corrected chi connectivity index (χ4v) is 2.33. The van der Waals surface area contributed by atoms with Crippen molar-refractivity contribution >= 4 is 0 Å². The lowest BCUT2D eigenvalue weighted by Crippen LogP contribution is -2.10. The molecule has 0 saturated heterocycles. The summed E-state index contributed by atoms with van der Waals surface area (Å²) < 4.78 is 13.5. The number of hydrogen-bond acceptors (Lipinski definition) is 1. The van der Waals surface area contributed by atoms with Crippen LogP contribution in [-0.2, 0) is 5.41 Å². The molecule has 2 heteroatoms. The van der Waals surface area contributed by atoms with Gasteiger partial charge in [-0.2, -0.15) is 0 Å². The SMILES string of the molecule is CC(N)c1ccc(F)cc1-c1ccc(C(C)(C)C)cc1. The average molecular weight is 271 g/mol. The van der Waals surface area contributed by atoms with Gasteiger partial charge in [-0.15, -0.1) is 0 Å². The molecule has 1 unspecified atom stereocenters. The summed E-state index contributed by atoms with van der Waals surface area (Å²) in [5, 5.41) is 0. The minimum Gasteiger partial charge on any atom is -0.324 e. The number of nitrogens with two attached hydrogens (primary N) is 1. The molecule has 0 aliphatic rings. The van der Waals surface area contributed by atoms with Crippen LogP contribution in [0.15, 0.2) is 42.5 Å². The topological polar surface area (TPSA) is 26.0 Å². The Morgan fingerprint density at radius 1 is 1.00 bits per heavy atom. The van der Waals surface area contributed by atoms with Gasteiger partial charge in [0.15, 0.2) is 0 Å². The molecule has 2 aromatic carbocycles. The van der Waals surface area contributed by atoms with Crippen LogP contribution in [0.5, 0.6) is 0 Å². The van der Waals surface area contributed by atoms with Gasteiger partial charge < -0.3 is 5.73 Å². The van der Waals surface area contributed by atoms with Crippen molar-refractivity contribution in [1.82, 2.24) is 0 Å². The van der Waals surface area contributed by atoms with E-state index in [0.29, 0.717) is 0 Å². The Morgan fingerprint density at radius 2 is 1.60 bits per heavy atom. The van der Waals surface area contributed by atoms with Crippen LogP contribution in [0.25, 0.3) is 11.1 Å². The molecule has 2 aromatic rings. The summed E-state index contributed by atoms with van der Waals surface area (Å²) in [5.41, 5.74) is 10.2. The van der Waals surface area contributed by atoms with Gasteiger partial charge in [-0.25, -0.2) is 4.39 Å². The van der Waals surface area contributed by atoms with Crippen LogP contribution in [0, 0.1) is 5.82 Å². The molecule has 0 aliphatic heterocycles. The van der Waals surface area contributed by atoms with Gasteiger partial charge in [-0.3, -0.25) is 0 Å². The van der Waals surface area contributed by atoms with Gasteiger partial charge in [0, 0.05) is 6.04 Å². The first-order valence-corrected chi connectivity index (χ1v) is 6.95. The van der Waals surface area contributed by atoms with E-state index in [4.69, 9.17) is 5.73 Å². The molecule has 0 aromatic heterocycles. The lowest BCUT2D eigenvalue weighted by Gasteiger charge is -2.20. The van der Waals surface area contributed by atoms with Crippen LogP contribution in [0.4, 0.5) is 4.39 Å². The molecule has 2 rings (SSSR count). The highest BCUT2D eigenvalue weighted by Crippen LogP contribution is 2.30. The monoisotopic (exact) mass is 271 g/mol. The van der Waals surface area contributed by atoms with Gasteiger partial charge in [0.1, 0.15) is 5.82 Å². The second-order valence-electron chi connectivity index (χ2n) is 6.35. The van der Waals surface area contributed by atoms with Crippen molar-refractivity contribution in [2.75, 3.05) is 0 Å². The first-order valence-electron chi connectivity index (χ1n) is 6.95. The normalized spacial score (nSPS) is 13.3. The van der Waals surface area contributed by atoms with Crippen molar-refractivity contribution in [2.24, 2.45) is 5.73 Å². The first kappa shape index (κ1) is 14.7. The van der Waals surface area contributed by atoms with E-state index in [1.165, 1.54) is 11.6 Å². The Labute approximate surface area is 120 Å². The van der Waals surface area contributed by atoms with Crippen molar-refractivity contribution in [2.45, 2.75) is 39.2 Å². The molecule has 0 aliphatic carbocycles. The van der Waals surface area contributed by atoms with Crippen LogP contribution in [0.1, 0.15) is 44.9 Å². The number of rotatable bonds is 2. The minimum atomic E-state index is -0.232. The fourth-order valence-electron chi connectivity index (χ4n) is 2.33. The highest BCUT2D eigenvalue weighted by molar-refractivity contribution is 5.68. The lowest BCUT2D eigenvalue weighted by molar-refractivity contribution is 0.590. The van der Waals surface area contributed by atoms with Crippen molar-refractivity contribution in [3.63, 3.8) is 0 Å². The third-order valence-electron chi connectivity index (χ3n) is 3.57. The number of benzene rings is 2. The third-order valence-corrected chi connectivity index (χ3v) is 3.57. The highest BCUT2D eigenvalue weighted by Gasteiger charge is 2.14. The maximum absolute atomic E-state index is 13.5. The average Bonchev–Trinajstić information content (AvgIpc) is 2.37. The first-order chi connectivity index (χ1) is 9.29. The zero-order chi connectivity index (χ0) is 14.9. The molecule has 0 saturated carbocycles. The third kappa shape index (κ3) is 3.07. The molecule has 0 fully saturated rings. The molecular weight excluding hydrogens is 249 g/mol. The van der Waals surface area contributed by atoms with Crippen molar-refractivity contribution in [3.8, 4) is 11.1 Å². The van der Waals surface area contributed by atoms with E-state index in [1.807, 2.05) is 19.1 Å². The molecule has 0 heterocycles. The molecule has 0 spiro atoms. The molecular formula is C18H22FN. The largest absolute Gasteiger partial charge is 0.324 e. The predicted molar refractivity (Wildman–Crippen MR) is 83.1 cm³/mol. The molecule has 0 amide bonds. The van der Waals surface area contributed by atoms with Gasteiger partial charge in [-0.05, 0) is 46.7 Å². The molecule has 20 heavy (non-hydrogen) atoms. The molecule has 0 radical (unpaired) electrons. The summed E-state index contributed by atoms with van der Waals surface area (Å²) in [5.74, 6) is -0.232. The van der Waals surface area contributed by atoms with Gasteiger partial charge in [0.05, 0.1) is 0 Å². The molecule has 2 N–H and O–H groups in total. The molecule has 1 nitrogen and oxygen atoms in total. The van der Waals surface area contributed by atoms with Crippen molar-refractivity contribution in [1.29, 1.82) is 0 Å². The van der Waals surface area contributed by atoms with E-state index in [-0.39, 0.29) is 17.3 Å². The smallest absolute Gasteiger partial charge is 0.123 e.